The third-order valence-corrected chi connectivity index (χ3v) is 7.95. The van der Waals surface area contributed by atoms with Crippen LogP contribution in [0.15, 0.2) is 78.9 Å². The Morgan fingerprint density at radius 1 is 0.432 bits per heavy atom. The number of nitrogen functional groups attached to an aromatic ring is 3. The number of nitrogens with zero attached hydrogens (tertiary/aromatic N) is 6. The van der Waals surface area contributed by atoms with Crippen LogP contribution in [0.4, 0.5) is 17.1 Å². The van der Waals surface area contributed by atoms with Crippen LogP contribution in [-0.4, -0.2) is 39.9 Å². The summed E-state index contributed by atoms with van der Waals surface area (Å²) in [6.07, 6.45) is 0. The van der Waals surface area contributed by atoms with Gasteiger partial charge in [-0.05, 0) is 6.07 Å². The van der Waals surface area contributed by atoms with Gasteiger partial charge in [0.1, 0.15) is 22.6 Å². The minimum atomic E-state index is 0. The van der Waals surface area contributed by atoms with Gasteiger partial charge in [-0.15, -0.1) is 0 Å². The summed E-state index contributed by atoms with van der Waals surface area (Å²) in [5.74, 6) is 2.02. The summed E-state index contributed by atoms with van der Waals surface area (Å²) in [5, 5.41) is 3.09. The van der Waals surface area contributed by atoms with Crippen LogP contribution in [0.1, 0.15) is 0 Å². The van der Waals surface area contributed by atoms with Crippen LogP contribution in [0.5, 0.6) is 0 Å². The molecule has 0 atom stereocenters. The number of nitrogens with one attached hydrogen (secondary N) is 2. The fraction of sp³-hybridized carbons (Fsp3) is 0. The first-order chi connectivity index (χ1) is 21.0. The van der Waals surface area contributed by atoms with Crippen molar-refractivity contribution in [2.24, 2.45) is 0 Å². The third-order valence-electron chi connectivity index (χ3n) is 7.95. The molecule has 0 unspecified atom stereocenters. The predicted octanol–water partition coefficient (Wildman–Crippen LogP) is 5.61. The molecule has 0 saturated heterocycles. The summed E-state index contributed by atoms with van der Waals surface area (Å²) >= 11 is 0. The number of aromatic nitrogens is 8. The topological polar surface area (TPSA) is 187 Å². The van der Waals surface area contributed by atoms with E-state index >= 15 is 0 Å². The minimum Gasteiger partial charge on any atom is -0.397 e. The van der Waals surface area contributed by atoms with E-state index in [1.165, 1.54) is 0 Å². The smallest absolute Gasteiger partial charge is 0.164 e. The normalized spacial score (nSPS) is 11.7. The van der Waals surface area contributed by atoms with Crippen molar-refractivity contribution >= 4 is 61.2 Å². The number of nitrogens with two attached hydrogens (primary N) is 3. The molecule has 0 spiro atoms. The van der Waals surface area contributed by atoms with E-state index in [1.807, 2.05) is 72.8 Å². The van der Waals surface area contributed by atoms with Crippen LogP contribution in [0.25, 0.3) is 89.7 Å². The van der Waals surface area contributed by atoms with Crippen molar-refractivity contribution < 1.29 is 22.4 Å². The maximum Gasteiger partial charge on any atom is 0.164 e. The Morgan fingerprint density at radius 3 is 1.30 bits per heavy atom. The Morgan fingerprint density at radius 2 is 0.818 bits per heavy atom. The fourth-order valence-corrected chi connectivity index (χ4v) is 5.87. The fourth-order valence-electron chi connectivity index (χ4n) is 5.87. The van der Waals surface area contributed by atoms with Gasteiger partial charge in [0, 0.05) is 60.8 Å². The zero-order chi connectivity index (χ0) is 28.8. The van der Waals surface area contributed by atoms with E-state index in [-0.39, 0.29) is 28.1 Å². The van der Waals surface area contributed by atoms with Gasteiger partial charge in [-0.25, -0.2) is 29.9 Å². The van der Waals surface area contributed by atoms with Crippen molar-refractivity contribution in [2.45, 2.75) is 0 Å². The molecule has 0 saturated carbocycles. The van der Waals surface area contributed by atoms with Crippen molar-refractivity contribution in [3.05, 3.63) is 78.9 Å². The van der Waals surface area contributed by atoms with E-state index in [9.17, 15) is 0 Å². The Kier molecular flexibility index (Phi) is 5.59. The summed E-state index contributed by atoms with van der Waals surface area (Å²) < 4.78 is 0. The summed E-state index contributed by atoms with van der Waals surface area (Å²) in [6, 6.07) is 25.4. The Hall–Kier alpha value is -5.62. The number of anilines is 3. The molecule has 8 bridgehead atoms. The maximum absolute atomic E-state index is 6.55. The summed E-state index contributed by atoms with van der Waals surface area (Å²) in [7, 11) is 0. The van der Waals surface area contributed by atoms with E-state index in [1.54, 1.807) is 6.07 Å². The van der Waals surface area contributed by atoms with Crippen molar-refractivity contribution in [3.63, 3.8) is 0 Å². The molecule has 0 fully saturated rings. The standard InChI is InChI=1S/C32H21N11.Au/c33-21-13-20-22(24(35)23(21)34)32-42-30-19-12-6-5-11-18(19)28(40-30)38-26-15-8-2-1-7-14(15)25(36-26)37-27-16-9-3-4-10-17(16)29(39-27)41-31(20)43-32;/h1-13H,33-35H2,(H2,36,37,38,39,40,41,42,43);. The molecule has 2 aliphatic heterocycles. The largest absolute Gasteiger partial charge is 0.397 e. The molecular weight excluding hydrogens is 735 g/mol. The zero-order valence-electron chi connectivity index (χ0n) is 22.7. The van der Waals surface area contributed by atoms with Gasteiger partial charge in [0.05, 0.1) is 22.4 Å². The molecule has 8 N–H and O–H groups in total. The van der Waals surface area contributed by atoms with Crippen LogP contribution < -0.4 is 17.2 Å². The van der Waals surface area contributed by atoms with Gasteiger partial charge in [-0.1, -0.05) is 72.8 Å². The monoisotopic (exact) mass is 756 g/mol. The molecule has 44 heavy (non-hydrogen) atoms. The molecule has 5 heterocycles. The molecule has 3 aromatic heterocycles. The second-order valence-electron chi connectivity index (χ2n) is 10.5. The molecular formula is C32H21AuN11. The van der Waals surface area contributed by atoms with Gasteiger partial charge < -0.3 is 27.2 Å². The molecule has 4 aromatic carbocycles. The van der Waals surface area contributed by atoms with E-state index in [4.69, 9.17) is 47.1 Å². The number of aromatic amines is 2. The number of fused-ring (bicyclic) bond motifs is 20. The Balaban J connectivity index is 0.00000289. The summed E-state index contributed by atoms with van der Waals surface area (Å²) in [4.78, 5) is 36.5. The van der Waals surface area contributed by atoms with E-state index in [0.717, 1.165) is 33.0 Å². The van der Waals surface area contributed by atoms with Crippen LogP contribution >= 0.6 is 0 Å². The molecule has 2 aliphatic rings. The van der Waals surface area contributed by atoms with Gasteiger partial charge in [0.15, 0.2) is 23.3 Å². The molecule has 0 aliphatic carbocycles. The molecule has 215 valence electrons. The van der Waals surface area contributed by atoms with Crippen molar-refractivity contribution in [1.82, 2.24) is 39.9 Å². The SMILES string of the molecule is Nc1cc2c3nc4nc(nc5[nH]c(nc6nc(nc([nH]3)c2c(N)c1N)-c1ccccc1-6)c1ccccc51)-c1ccccc1-4.[Au]. The molecule has 1 radical (unpaired) electrons. The van der Waals surface area contributed by atoms with Crippen molar-refractivity contribution in [3.8, 4) is 45.6 Å². The molecule has 9 rings (SSSR count). The summed E-state index contributed by atoms with van der Waals surface area (Å²) in [6.45, 7) is 0. The second kappa shape index (κ2) is 9.44. The van der Waals surface area contributed by atoms with Gasteiger partial charge in [-0.3, -0.25) is 0 Å². The number of benzene rings is 4. The number of H-pyrrole nitrogens is 2. The number of hydrogen-bond donors (Lipinski definition) is 5. The van der Waals surface area contributed by atoms with Crippen LogP contribution in [-0.2, 0) is 22.4 Å². The number of hydrogen-bond acceptors (Lipinski definition) is 9. The Labute approximate surface area is 264 Å². The van der Waals surface area contributed by atoms with E-state index < -0.39 is 0 Å². The molecule has 7 aromatic rings. The predicted molar refractivity (Wildman–Crippen MR) is 169 cm³/mol. The maximum atomic E-state index is 6.55. The first-order valence-electron chi connectivity index (χ1n) is 13.6. The van der Waals surface area contributed by atoms with E-state index in [2.05, 4.69) is 9.97 Å². The van der Waals surface area contributed by atoms with Crippen LogP contribution in [0.3, 0.4) is 0 Å². The van der Waals surface area contributed by atoms with E-state index in [0.29, 0.717) is 68.0 Å². The quantitative estimate of drug-likeness (QED) is 0.0968. The third kappa shape index (κ3) is 3.67. The first kappa shape index (κ1) is 26.0. The van der Waals surface area contributed by atoms with Gasteiger partial charge in [0.25, 0.3) is 0 Å². The van der Waals surface area contributed by atoms with Gasteiger partial charge >= 0.3 is 0 Å². The average Bonchev–Trinajstić information content (AvgIpc) is 3.75. The zero-order valence-corrected chi connectivity index (χ0v) is 24.9. The molecule has 0 amide bonds. The average molecular weight is 757 g/mol. The van der Waals surface area contributed by atoms with Crippen LogP contribution in [0, 0.1) is 0 Å². The number of rotatable bonds is 0. The first-order valence-corrected chi connectivity index (χ1v) is 13.6. The van der Waals surface area contributed by atoms with Crippen LogP contribution in [0.2, 0.25) is 0 Å². The van der Waals surface area contributed by atoms with Crippen molar-refractivity contribution in [2.75, 3.05) is 17.2 Å². The minimum absolute atomic E-state index is 0. The summed E-state index contributed by atoms with van der Waals surface area (Å²) in [5.41, 5.74) is 25.6. The van der Waals surface area contributed by atoms with Gasteiger partial charge in [0.2, 0.25) is 0 Å². The molecule has 12 heteroatoms. The second-order valence-corrected chi connectivity index (χ2v) is 10.5. The molecule has 11 nitrogen and oxygen atoms in total. The van der Waals surface area contributed by atoms with Crippen molar-refractivity contribution in [1.29, 1.82) is 0 Å². The van der Waals surface area contributed by atoms with Gasteiger partial charge in [-0.2, -0.15) is 0 Å². The Bertz CT molecular complexity index is 2520.